The molecule has 1 atom stereocenters. The number of aliphatic hydroxyl groups excluding tert-OH is 1. The molecule has 0 aromatic rings. The smallest absolute Gasteiger partial charge is 0.268 e. The SMILES string of the molecule is CCCCCCC/C=C/C(=O)N1C(=O)C(C(=O)CCCC)=C(O)C1CC(C)C. The van der Waals surface area contributed by atoms with E-state index in [2.05, 4.69) is 6.92 Å². The van der Waals surface area contributed by atoms with Crippen molar-refractivity contribution >= 4 is 17.6 Å². The molecule has 1 rings (SSSR count). The van der Waals surface area contributed by atoms with Crippen LogP contribution in [0.4, 0.5) is 0 Å². The average Bonchev–Trinajstić information content (AvgIpc) is 2.88. The van der Waals surface area contributed by atoms with Crippen LogP contribution in [0.15, 0.2) is 23.5 Å². The molecule has 1 aliphatic heterocycles. The Labute approximate surface area is 169 Å². The summed E-state index contributed by atoms with van der Waals surface area (Å²) in [4.78, 5) is 39.0. The number of nitrogens with zero attached hydrogens (tertiary/aromatic N) is 1. The molecule has 0 saturated heterocycles. The summed E-state index contributed by atoms with van der Waals surface area (Å²) >= 11 is 0. The number of Topliss-reactive ketones (excluding diaryl/α,β-unsaturated/α-hetero) is 1. The Bertz CT molecular complexity index is 604. The van der Waals surface area contributed by atoms with E-state index in [1.54, 1.807) is 6.08 Å². The molecule has 158 valence electrons. The van der Waals surface area contributed by atoms with E-state index in [1.165, 1.54) is 25.3 Å². The van der Waals surface area contributed by atoms with E-state index in [1.807, 2.05) is 20.8 Å². The Morgan fingerprint density at radius 2 is 1.71 bits per heavy atom. The topological polar surface area (TPSA) is 74.7 Å². The van der Waals surface area contributed by atoms with Crippen molar-refractivity contribution in [3.63, 3.8) is 0 Å². The summed E-state index contributed by atoms with van der Waals surface area (Å²) in [7, 11) is 0. The second-order valence-corrected chi connectivity index (χ2v) is 8.05. The second-order valence-electron chi connectivity index (χ2n) is 8.05. The van der Waals surface area contributed by atoms with Crippen molar-refractivity contribution in [2.45, 2.75) is 97.9 Å². The maximum absolute atomic E-state index is 12.8. The predicted octanol–water partition coefficient (Wildman–Crippen LogP) is 5.26. The molecule has 1 unspecified atom stereocenters. The van der Waals surface area contributed by atoms with Crippen molar-refractivity contribution in [3.05, 3.63) is 23.5 Å². The van der Waals surface area contributed by atoms with Crippen molar-refractivity contribution in [1.82, 2.24) is 4.90 Å². The number of ketones is 1. The highest BCUT2D eigenvalue weighted by molar-refractivity contribution is 6.25. The Morgan fingerprint density at radius 3 is 2.32 bits per heavy atom. The van der Waals surface area contributed by atoms with E-state index >= 15 is 0 Å². The van der Waals surface area contributed by atoms with Gasteiger partial charge in [0.2, 0.25) is 0 Å². The van der Waals surface area contributed by atoms with Crippen LogP contribution in [0.1, 0.15) is 91.9 Å². The molecule has 5 heteroatoms. The molecule has 5 nitrogen and oxygen atoms in total. The lowest BCUT2D eigenvalue weighted by molar-refractivity contribution is -0.140. The minimum absolute atomic E-state index is 0.169. The van der Waals surface area contributed by atoms with Gasteiger partial charge in [-0.1, -0.05) is 65.9 Å². The number of allylic oxidation sites excluding steroid dienone is 1. The van der Waals surface area contributed by atoms with E-state index in [0.717, 1.165) is 30.6 Å². The first-order valence-electron chi connectivity index (χ1n) is 10.8. The summed E-state index contributed by atoms with van der Waals surface area (Å²) in [5.74, 6) is -1.53. The first kappa shape index (κ1) is 24.1. The van der Waals surface area contributed by atoms with Crippen molar-refractivity contribution in [1.29, 1.82) is 0 Å². The van der Waals surface area contributed by atoms with Gasteiger partial charge in [0.1, 0.15) is 11.3 Å². The van der Waals surface area contributed by atoms with Gasteiger partial charge in [0.05, 0.1) is 6.04 Å². The van der Waals surface area contributed by atoms with Crippen molar-refractivity contribution in [2.24, 2.45) is 5.92 Å². The first-order chi connectivity index (χ1) is 13.3. The fraction of sp³-hybridized carbons (Fsp3) is 0.696. The number of unbranched alkanes of at least 4 members (excludes halogenated alkanes) is 6. The van der Waals surface area contributed by atoms with Gasteiger partial charge in [-0.25, -0.2) is 0 Å². The van der Waals surface area contributed by atoms with Gasteiger partial charge in [-0.05, 0) is 37.7 Å². The third-order valence-corrected chi connectivity index (χ3v) is 5.02. The zero-order valence-corrected chi connectivity index (χ0v) is 18.0. The molecule has 0 aromatic heterocycles. The van der Waals surface area contributed by atoms with Gasteiger partial charge in [-0.15, -0.1) is 0 Å². The largest absolute Gasteiger partial charge is 0.509 e. The molecule has 0 aromatic carbocycles. The summed E-state index contributed by atoms with van der Waals surface area (Å²) in [5.41, 5.74) is -0.194. The summed E-state index contributed by atoms with van der Waals surface area (Å²) < 4.78 is 0. The Hall–Kier alpha value is -1.91. The van der Waals surface area contributed by atoms with Crippen molar-refractivity contribution in [2.75, 3.05) is 0 Å². The second kappa shape index (κ2) is 12.5. The van der Waals surface area contributed by atoms with Crippen LogP contribution in [0.5, 0.6) is 0 Å². The lowest BCUT2D eigenvalue weighted by Gasteiger charge is -2.23. The number of carbonyl (C=O) groups excluding carboxylic acids is 3. The van der Waals surface area contributed by atoms with Gasteiger partial charge in [0.15, 0.2) is 5.78 Å². The maximum Gasteiger partial charge on any atom is 0.268 e. The van der Waals surface area contributed by atoms with Gasteiger partial charge in [-0.2, -0.15) is 0 Å². The Balaban J connectivity index is 2.83. The highest BCUT2D eigenvalue weighted by Gasteiger charge is 2.44. The summed E-state index contributed by atoms with van der Waals surface area (Å²) in [6, 6.07) is -0.741. The van der Waals surface area contributed by atoms with Crippen LogP contribution in [0.3, 0.4) is 0 Å². The highest BCUT2D eigenvalue weighted by atomic mass is 16.3. The Kier molecular flexibility index (Phi) is 10.8. The lowest BCUT2D eigenvalue weighted by atomic mass is 10.00. The maximum atomic E-state index is 12.8. The van der Waals surface area contributed by atoms with Gasteiger partial charge in [0, 0.05) is 6.42 Å². The van der Waals surface area contributed by atoms with E-state index < -0.39 is 17.9 Å². The molecule has 0 aliphatic carbocycles. The van der Waals surface area contributed by atoms with Crippen LogP contribution in [0, 0.1) is 5.92 Å². The van der Waals surface area contributed by atoms with Crippen molar-refractivity contribution in [3.8, 4) is 0 Å². The molecule has 1 aliphatic rings. The predicted molar refractivity (Wildman–Crippen MR) is 112 cm³/mol. The number of aliphatic hydroxyl groups is 1. The zero-order valence-electron chi connectivity index (χ0n) is 18.0. The normalized spacial score (nSPS) is 17.4. The molecule has 28 heavy (non-hydrogen) atoms. The van der Waals surface area contributed by atoms with Crippen LogP contribution in [0.25, 0.3) is 0 Å². The van der Waals surface area contributed by atoms with Gasteiger partial charge in [0.25, 0.3) is 11.8 Å². The molecule has 0 fully saturated rings. The molecule has 0 bridgehead atoms. The van der Waals surface area contributed by atoms with Gasteiger partial charge < -0.3 is 5.11 Å². The average molecular weight is 392 g/mol. The monoisotopic (exact) mass is 391 g/mol. The molecule has 0 radical (unpaired) electrons. The Morgan fingerprint density at radius 1 is 1.07 bits per heavy atom. The number of imide groups is 1. The van der Waals surface area contributed by atoms with Crippen LogP contribution in [-0.2, 0) is 14.4 Å². The number of hydrogen-bond donors (Lipinski definition) is 1. The summed E-state index contributed by atoms with van der Waals surface area (Å²) in [5, 5.41) is 10.6. The molecule has 1 N–H and O–H groups in total. The van der Waals surface area contributed by atoms with E-state index in [0.29, 0.717) is 12.8 Å². The van der Waals surface area contributed by atoms with Crippen LogP contribution >= 0.6 is 0 Å². The van der Waals surface area contributed by atoms with E-state index in [9.17, 15) is 19.5 Å². The summed E-state index contributed by atoms with van der Waals surface area (Å²) in [6.45, 7) is 8.05. The molecule has 0 spiro atoms. The highest BCUT2D eigenvalue weighted by Crippen LogP contribution is 2.30. The third kappa shape index (κ3) is 6.92. The minimum atomic E-state index is -0.741. The van der Waals surface area contributed by atoms with Crippen molar-refractivity contribution < 1.29 is 19.5 Å². The number of hydrogen-bond acceptors (Lipinski definition) is 4. The van der Waals surface area contributed by atoms with E-state index in [-0.39, 0.29) is 29.5 Å². The molecular formula is C23H37NO4. The fourth-order valence-corrected chi connectivity index (χ4v) is 3.43. The quantitative estimate of drug-likeness (QED) is 0.264. The van der Waals surface area contributed by atoms with E-state index in [4.69, 9.17) is 0 Å². The molecule has 2 amide bonds. The number of amides is 2. The van der Waals surface area contributed by atoms with Crippen LogP contribution in [-0.4, -0.2) is 33.6 Å². The standard InChI is InChI=1S/C23H37NO4/c1-5-7-9-10-11-12-13-15-20(26)24-18(16-17(3)4)22(27)21(23(24)28)19(25)14-8-6-2/h13,15,17-18,27H,5-12,14,16H2,1-4H3/b15-13+. The third-order valence-electron chi connectivity index (χ3n) is 5.02. The number of rotatable bonds is 13. The van der Waals surface area contributed by atoms with Gasteiger partial charge >= 0.3 is 0 Å². The van der Waals surface area contributed by atoms with Gasteiger partial charge in [-0.3, -0.25) is 19.3 Å². The zero-order chi connectivity index (χ0) is 21.1. The first-order valence-corrected chi connectivity index (χ1v) is 10.8. The lowest BCUT2D eigenvalue weighted by Crippen LogP contribution is -2.41. The minimum Gasteiger partial charge on any atom is -0.509 e. The molecule has 0 saturated carbocycles. The molecule has 1 heterocycles. The molecular weight excluding hydrogens is 354 g/mol. The van der Waals surface area contributed by atoms with Crippen LogP contribution in [0.2, 0.25) is 0 Å². The van der Waals surface area contributed by atoms with Crippen LogP contribution < -0.4 is 0 Å². The fourth-order valence-electron chi connectivity index (χ4n) is 3.43. The summed E-state index contributed by atoms with van der Waals surface area (Å²) in [6.07, 6.45) is 11.9. The number of carbonyl (C=O) groups is 3.